The highest BCUT2D eigenvalue weighted by molar-refractivity contribution is 5.83. The van der Waals surface area contributed by atoms with E-state index in [1.165, 1.54) is 4.57 Å². The van der Waals surface area contributed by atoms with Gasteiger partial charge in [0.15, 0.2) is 0 Å². The first-order chi connectivity index (χ1) is 8.65. The topological polar surface area (TPSA) is 86.3 Å². The van der Waals surface area contributed by atoms with E-state index in [1.807, 2.05) is 5.43 Å². The van der Waals surface area contributed by atoms with Crippen molar-refractivity contribution in [2.75, 3.05) is 7.11 Å². The Kier molecular flexibility index (Phi) is 3.29. The quantitative estimate of drug-likeness (QED) is 0.454. The maximum atomic E-state index is 12.1. The third-order valence-corrected chi connectivity index (χ3v) is 2.66. The monoisotopic (exact) mass is 247 g/mol. The molecular formula is C12H13N3O3. The normalized spacial score (nSPS) is 10.3. The number of rotatable bonds is 3. The van der Waals surface area contributed by atoms with Crippen molar-refractivity contribution in [3.8, 4) is 5.75 Å². The van der Waals surface area contributed by atoms with Crippen LogP contribution in [0.25, 0.3) is 10.8 Å². The second kappa shape index (κ2) is 4.89. The second-order valence-electron chi connectivity index (χ2n) is 3.77. The summed E-state index contributed by atoms with van der Waals surface area (Å²) in [6, 6.07) is 6.90. The predicted molar refractivity (Wildman–Crippen MR) is 67.1 cm³/mol. The molecule has 1 aromatic heterocycles. The van der Waals surface area contributed by atoms with Crippen molar-refractivity contribution >= 4 is 16.7 Å². The molecule has 2 aromatic rings. The summed E-state index contributed by atoms with van der Waals surface area (Å²) in [7, 11) is 1.56. The second-order valence-corrected chi connectivity index (χ2v) is 3.77. The molecule has 18 heavy (non-hydrogen) atoms. The summed E-state index contributed by atoms with van der Waals surface area (Å²) in [4.78, 5) is 23.2. The van der Waals surface area contributed by atoms with E-state index in [2.05, 4.69) is 0 Å². The number of methoxy groups -OCH3 is 1. The number of nitrogens with one attached hydrogen (secondary N) is 1. The lowest BCUT2D eigenvalue weighted by Crippen LogP contribution is -2.36. The molecule has 3 N–H and O–H groups in total. The SMILES string of the molecule is COc1ccc2c(=O)n(CC(=O)NN)ccc2c1. The molecule has 0 aliphatic rings. The number of ether oxygens (including phenoxy) is 1. The van der Waals surface area contributed by atoms with Crippen LogP contribution in [-0.4, -0.2) is 17.6 Å². The lowest BCUT2D eigenvalue weighted by Gasteiger charge is -2.07. The predicted octanol–water partition coefficient (Wildman–Crippen LogP) is 0.000000000000000278. The largest absolute Gasteiger partial charge is 0.497 e. The van der Waals surface area contributed by atoms with E-state index in [4.69, 9.17) is 10.6 Å². The molecule has 6 heteroatoms. The van der Waals surface area contributed by atoms with Crippen LogP contribution in [0.4, 0.5) is 0 Å². The number of benzene rings is 1. The van der Waals surface area contributed by atoms with Gasteiger partial charge in [-0.3, -0.25) is 15.0 Å². The molecule has 1 heterocycles. The van der Waals surface area contributed by atoms with Crippen LogP contribution in [0.3, 0.4) is 0 Å². The van der Waals surface area contributed by atoms with Crippen molar-refractivity contribution in [1.29, 1.82) is 0 Å². The molecule has 0 spiro atoms. The highest BCUT2D eigenvalue weighted by atomic mass is 16.5. The summed E-state index contributed by atoms with van der Waals surface area (Å²) in [6.07, 6.45) is 1.55. The fraction of sp³-hybridized carbons (Fsp3) is 0.167. The van der Waals surface area contributed by atoms with Crippen molar-refractivity contribution < 1.29 is 9.53 Å². The van der Waals surface area contributed by atoms with Gasteiger partial charge in [-0.15, -0.1) is 0 Å². The van der Waals surface area contributed by atoms with Gasteiger partial charge in [0.2, 0.25) is 0 Å². The van der Waals surface area contributed by atoms with Crippen LogP contribution >= 0.6 is 0 Å². The number of hydrogen-bond acceptors (Lipinski definition) is 4. The van der Waals surface area contributed by atoms with Crippen molar-refractivity contribution in [3.63, 3.8) is 0 Å². The van der Waals surface area contributed by atoms with Gasteiger partial charge in [-0.2, -0.15) is 0 Å². The van der Waals surface area contributed by atoms with Crippen LogP contribution < -0.4 is 21.6 Å². The molecule has 94 valence electrons. The number of amides is 1. The Hall–Kier alpha value is -2.34. The average Bonchev–Trinajstić information content (AvgIpc) is 2.41. The molecule has 0 unspecified atom stereocenters. The summed E-state index contributed by atoms with van der Waals surface area (Å²) in [6.45, 7) is -0.0999. The molecule has 0 radical (unpaired) electrons. The molecule has 0 saturated heterocycles. The first-order valence-electron chi connectivity index (χ1n) is 5.32. The first kappa shape index (κ1) is 12.1. The molecule has 0 aliphatic carbocycles. The summed E-state index contributed by atoms with van der Waals surface area (Å²) in [5.41, 5.74) is 1.75. The molecule has 0 bridgehead atoms. The highest BCUT2D eigenvalue weighted by Crippen LogP contribution is 2.17. The average molecular weight is 247 g/mol. The number of carbonyl (C=O) groups is 1. The van der Waals surface area contributed by atoms with Gasteiger partial charge < -0.3 is 9.30 Å². The number of fused-ring (bicyclic) bond motifs is 1. The Morgan fingerprint density at radius 1 is 1.44 bits per heavy atom. The highest BCUT2D eigenvalue weighted by Gasteiger charge is 2.06. The zero-order valence-electron chi connectivity index (χ0n) is 9.84. The van der Waals surface area contributed by atoms with Crippen molar-refractivity contribution in [2.24, 2.45) is 5.84 Å². The third-order valence-electron chi connectivity index (χ3n) is 2.66. The third kappa shape index (κ3) is 2.18. The van der Waals surface area contributed by atoms with Crippen molar-refractivity contribution in [1.82, 2.24) is 9.99 Å². The molecule has 0 atom stereocenters. The zero-order chi connectivity index (χ0) is 13.1. The van der Waals surface area contributed by atoms with E-state index in [0.29, 0.717) is 11.1 Å². The van der Waals surface area contributed by atoms with E-state index in [9.17, 15) is 9.59 Å². The fourth-order valence-corrected chi connectivity index (χ4v) is 1.72. The minimum Gasteiger partial charge on any atom is -0.497 e. The molecule has 6 nitrogen and oxygen atoms in total. The number of pyridine rings is 1. The van der Waals surface area contributed by atoms with E-state index in [-0.39, 0.29) is 12.1 Å². The standard InChI is InChI=1S/C12H13N3O3/c1-18-9-2-3-10-8(6-9)4-5-15(12(10)17)7-11(16)14-13/h2-6H,7,13H2,1H3,(H,14,16). The van der Waals surface area contributed by atoms with Crippen LogP contribution in [0.15, 0.2) is 35.3 Å². The van der Waals surface area contributed by atoms with Crippen LogP contribution in [0.5, 0.6) is 5.75 Å². The van der Waals surface area contributed by atoms with E-state index >= 15 is 0 Å². The van der Waals surface area contributed by atoms with Crippen molar-refractivity contribution in [3.05, 3.63) is 40.8 Å². The van der Waals surface area contributed by atoms with Gasteiger partial charge in [0.05, 0.1) is 7.11 Å². The first-order valence-corrected chi connectivity index (χ1v) is 5.32. The summed E-state index contributed by atoms with van der Waals surface area (Å²) in [5.74, 6) is 5.24. The van der Waals surface area contributed by atoms with E-state index in [1.54, 1.807) is 37.6 Å². The Morgan fingerprint density at radius 3 is 2.89 bits per heavy atom. The summed E-state index contributed by atoms with van der Waals surface area (Å²) in [5, 5.41) is 1.30. The maximum absolute atomic E-state index is 12.1. The number of carbonyl (C=O) groups excluding carboxylic acids is 1. The van der Waals surface area contributed by atoms with E-state index < -0.39 is 5.91 Å². The van der Waals surface area contributed by atoms with Gasteiger partial charge in [0, 0.05) is 11.6 Å². The Labute approximate surface area is 103 Å². The molecule has 1 aromatic carbocycles. The van der Waals surface area contributed by atoms with Gasteiger partial charge in [0.1, 0.15) is 12.3 Å². The molecular weight excluding hydrogens is 234 g/mol. The number of hydrogen-bond donors (Lipinski definition) is 2. The van der Waals surface area contributed by atoms with Crippen LogP contribution in [-0.2, 0) is 11.3 Å². The lowest BCUT2D eigenvalue weighted by molar-refractivity contribution is -0.121. The summed E-state index contributed by atoms with van der Waals surface area (Å²) < 4.78 is 6.39. The molecule has 2 rings (SSSR count). The van der Waals surface area contributed by atoms with Gasteiger partial charge in [-0.1, -0.05) is 0 Å². The molecule has 0 saturated carbocycles. The van der Waals surface area contributed by atoms with Crippen LogP contribution in [0.1, 0.15) is 0 Å². The molecule has 0 fully saturated rings. The number of nitrogens with zero attached hydrogens (tertiary/aromatic N) is 1. The number of aromatic nitrogens is 1. The van der Waals surface area contributed by atoms with Gasteiger partial charge in [-0.05, 0) is 29.7 Å². The molecule has 0 aliphatic heterocycles. The van der Waals surface area contributed by atoms with E-state index in [0.717, 1.165) is 5.39 Å². The summed E-state index contributed by atoms with van der Waals surface area (Å²) >= 11 is 0. The Morgan fingerprint density at radius 2 is 2.22 bits per heavy atom. The maximum Gasteiger partial charge on any atom is 0.258 e. The van der Waals surface area contributed by atoms with Gasteiger partial charge in [-0.25, -0.2) is 5.84 Å². The fourth-order valence-electron chi connectivity index (χ4n) is 1.72. The Balaban J connectivity index is 2.51. The smallest absolute Gasteiger partial charge is 0.258 e. The minimum absolute atomic E-state index is 0.0999. The lowest BCUT2D eigenvalue weighted by atomic mass is 10.1. The Bertz CT molecular complexity index is 649. The van der Waals surface area contributed by atoms with Crippen LogP contribution in [0, 0.1) is 0 Å². The number of nitrogens with two attached hydrogens (primary N) is 1. The van der Waals surface area contributed by atoms with Gasteiger partial charge >= 0.3 is 0 Å². The van der Waals surface area contributed by atoms with Crippen molar-refractivity contribution in [2.45, 2.75) is 6.54 Å². The minimum atomic E-state index is -0.426. The zero-order valence-corrected chi connectivity index (χ0v) is 9.84. The number of hydrazine groups is 1. The van der Waals surface area contributed by atoms with Gasteiger partial charge in [0.25, 0.3) is 11.5 Å². The molecule has 1 amide bonds. The van der Waals surface area contributed by atoms with Crippen LogP contribution in [0.2, 0.25) is 0 Å².